The summed E-state index contributed by atoms with van der Waals surface area (Å²) in [5.74, 6) is -1.69. The largest absolute Gasteiger partial charge is 0.454 e. The maximum Gasteiger partial charge on any atom is 0.417 e. The molecular formula is C21H19F3N4O4. The second-order valence-corrected chi connectivity index (χ2v) is 6.88. The van der Waals surface area contributed by atoms with Crippen molar-refractivity contribution in [3.05, 3.63) is 76.0 Å². The van der Waals surface area contributed by atoms with Crippen molar-refractivity contribution < 1.29 is 27.5 Å². The van der Waals surface area contributed by atoms with Gasteiger partial charge in [0.2, 0.25) is 0 Å². The lowest BCUT2D eigenvalue weighted by Crippen LogP contribution is -2.28. The number of nitrogens with zero attached hydrogens (tertiary/aromatic N) is 3. The number of para-hydroxylation sites is 1. The number of aryl methyl sites for hydroxylation is 1. The lowest BCUT2D eigenvalue weighted by atomic mass is 10.3. The molecule has 0 aliphatic carbocycles. The molecule has 11 heteroatoms. The van der Waals surface area contributed by atoms with Gasteiger partial charge in [-0.1, -0.05) is 18.2 Å². The number of carbonyl (C=O) groups excluding carboxylic acids is 2. The van der Waals surface area contributed by atoms with Crippen LogP contribution in [0, 0.1) is 13.8 Å². The third kappa shape index (κ3) is 5.23. The van der Waals surface area contributed by atoms with Crippen LogP contribution < -0.4 is 10.9 Å². The van der Waals surface area contributed by atoms with Crippen LogP contribution in [0.2, 0.25) is 0 Å². The number of alkyl halides is 3. The molecular weight excluding hydrogens is 429 g/mol. The third-order valence-corrected chi connectivity index (χ3v) is 4.53. The van der Waals surface area contributed by atoms with Gasteiger partial charge in [-0.25, -0.2) is 4.68 Å². The number of anilines is 1. The van der Waals surface area contributed by atoms with Crippen LogP contribution in [-0.4, -0.2) is 32.8 Å². The number of pyridine rings is 1. The van der Waals surface area contributed by atoms with E-state index in [0.717, 1.165) is 5.69 Å². The number of nitrogens with one attached hydrogen (secondary N) is 1. The molecule has 32 heavy (non-hydrogen) atoms. The molecule has 1 N–H and O–H groups in total. The Bertz CT molecular complexity index is 1200. The molecule has 0 radical (unpaired) electrons. The van der Waals surface area contributed by atoms with E-state index in [0.29, 0.717) is 40.0 Å². The van der Waals surface area contributed by atoms with Gasteiger partial charge in [0.05, 0.1) is 28.3 Å². The van der Waals surface area contributed by atoms with Crippen molar-refractivity contribution >= 4 is 17.6 Å². The van der Waals surface area contributed by atoms with Crippen molar-refractivity contribution in [3.63, 3.8) is 0 Å². The summed E-state index contributed by atoms with van der Waals surface area (Å²) >= 11 is 0. The number of amides is 1. The van der Waals surface area contributed by atoms with E-state index in [1.54, 1.807) is 18.5 Å². The highest BCUT2D eigenvalue weighted by atomic mass is 19.4. The molecule has 0 unspecified atom stereocenters. The fourth-order valence-corrected chi connectivity index (χ4v) is 2.97. The average Bonchev–Trinajstić information content (AvgIpc) is 3.02. The Kier molecular flexibility index (Phi) is 6.47. The fraction of sp³-hybridized carbons (Fsp3) is 0.238. The van der Waals surface area contributed by atoms with Crippen LogP contribution >= 0.6 is 0 Å². The second-order valence-electron chi connectivity index (χ2n) is 6.88. The molecule has 0 saturated carbocycles. The van der Waals surface area contributed by atoms with Crippen LogP contribution in [-0.2, 0) is 27.0 Å². The minimum absolute atomic E-state index is 0.448. The summed E-state index contributed by atoms with van der Waals surface area (Å²) in [6.45, 7) is 2.02. The quantitative estimate of drug-likeness (QED) is 0.585. The number of hydrogen-bond donors (Lipinski definition) is 1. The third-order valence-electron chi connectivity index (χ3n) is 4.53. The summed E-state index contributed by atoms with van der Waals surface area (Å²) in [6.07, 6.45) is -4.15. The molecule has 2 heterocycles. The van der Waals surface area contributed by atoms with Gasteiger partial charge in [0.25, 0.3) is 11.5 Å². The van der Waals surface area contributed by atoms with Crippen molar-refractivity contribution in [1.29, 1.82) is 0 Å². The highest BCUT2D eigenvalue weighted by Crippen LogP contribution is 2.28. The van der Waals surface area contributed by atoms with E-state index < -0.39 is 42.3 Å². The fourth-order valence-electron chi connectivity index (χ4n) is 2.97. The van der Waals surface area contributed by atoms with Gasteiger partial charge in [0, 0.05) is 12.3 Å². The Morgan fingerprint density at radius 3 is 2.44 bits per heavy atom. The molecule has 0 spiro atoms. The zero-order valence-electron chi connectivity index (χ0n) is 17.1. The SMILES string of the molecule is Cc1nn(-c2ccccc2)c(C)c1NC(=O)COC(=O)Cn1cc(C(F)(F)F)ccc1=O. The number of carbonyl (C=O) groups is 2. The second kappa shape index (κ2) is 9.08. The minimum Gasteiger partial charge on any atom is -0.454 e. The first-order valence-corrected chi connectivity index (χ1v) is 9.41. The van der Waals surface area contributed by atoms with Crippen molar-refractivity contribution in [2.24, 2.45) is 0 Å². The van der Waals surface area contributed by atoms with E-state index in [4.69, 9.17) is 4.74 Å². The number of benzene rings is 1. The standard InChI is InChI=1S/C21H19F3N4O4/c1-13-20(14(2)28(26-13)16-6-4-3-5-7-16)25-17(29)12-32-19(31)11-27-10-15(21(22,23)24)8-9-18(27)30/h3-10H,11-12H2,1-2H3,(H,25,29). The smallest absolute Gasteiger partial charge is 0.417 e. The number of ether oxygens (including phenoxy) is 1. The van der Waals surface area contributed by atoms with Crippen molar-refractivity contribution in [2.75, 3.05) is 11.9 Å². The minimum atomic E-state index is -4.67. The van der Waals surface area contributed by atoms with Gasteiger partial charge in [-0.3, -0.25) is 14.4 Å². The van der Waals surface area contributed by atoms with E-state index in [2.05, 4.69) is 10.4 Å². The first-order valence-electron chi connectivity index (χ1n) is 9.41. The number of hydrogen-bond acceptors (Lipinski definition) is 5. The molecule has 0 bridgehead atoms. The Morgan fingerprint density at radius 2 is 1.78 bits per heavy atom. The van der Waals surface area contributed by atoms with Crippen LogP contribution in [0.4, 0.5) is 18.9 Å². The van der Waals surface area contributed by atoms with E-state index >= 15 is 0 Å². The van der Waals surface area contributed by atoms with Crippen LogP contribution in [0.1, 0.15) is 17.0 Å². The lowest BCUT2D eigenvalue weighted by molar-refractivity contribution is -0.148. The van der Waals surface area contributed by atoms with Gasteiger partial charge in [-0.15, -0.1) is 0 Å². The van der Waals surface area contributed by atoms with Crippen molar-refractivity contribution in [2.45, 2.75) is 26.6 Å². The zero-order chi connectivity index (χ0) is 23.5. The predicted molar refractivity (Wildman–Crippen MR) is 108 cm³/mol. The lowest BCUT2D eigenvalue weighted by Gasteiger charge is -2.11. The maximum absolute atomic E-state index is 12.8. The van der Waals surface area contributed by atoms with Gasteiger partial charge < -0.3 is 14.6 Å². The molecule has 3 rings (SSSR count). The van der Waals surface area contributed by atoms with Crippen LogP contribution in [0.25, 0.3) is 5.69 Å². The van der Waals surface area contributed by atoms with Gasteiger partial charge in [0.15, 0.2) is 6.61 Å². The van der Waals surface area contributed by atoms with E-state index in [1.165, 1.54) is 0 Å². The summed E-state index contributed by atoms with van der Waals surface area (Å²) in [5, 5.41) is 7.00. The molecule has 3 aromatic rings. The van der Waals surface area contributed by atoms with E-state index in [9.17, 15) is 27.6 Å². The Labute approximate surface area is 180 Å². The molecule has 2 aromatic heterocycles. The number of halogens is 3. The van der Waals surface area contributed by atoms with Gasteiger partial charge >= 0.3 is 12.1 Å². The summed E-state index contributed by atoms with van der Waals surface area (Å²) in [4.78, 5) is 35.9. The Balaban J connectivity index is 1.62. The molecule has 0 saturated heterocycles. The van der Waals surface area contributed by atoms with E-state index in [-0.39, 0.29) is 0 Å². The van der Waals surface area contributed by atoms with Crippen LogP contribution in [0.3, 0.4) is 0 Å². The van der Waals surface area contributed by atoms with Crippen LogP contribution in [0.5, 0.6) is 0 Å². The zero-order valence-corrected chi connectivity index (χ0v) is 17.1. The molecule has 1 aromatic carbocycles. The maximum atomic E-state index is 12.8. The summed E-state index contributed by atoms with van der Waals surface area (Å²) in [5.41, 5.74) is 0.559. The van der Waals surface area contributed by atoms with Crippen molar-refractivity contribution in [1.82, 2.24) is 14.3 Å². The molecule has 1 amide bonds. The first kappa shape index (κ1) is 22.8. The molecule has 168 valence electrons. The molecule has 8 nitrogen and oxygen atoms in total. The van der Waals surface area contributed by atoms with Crippen LogP contribution in [0.15, 0.2) is 53.5 Å². The summed E-state index contributed by atoms with van der Waals surface area (Å²) < 4.78 is 45.4. The van der Waals surface area contributed by atoms with Gasteiger partial charge in [0.1, 0.15) is 6.54 Å². The van der Waals surface area contributed by atoms with E-state index in [1.807, 2.05) is 30.3 Å². The Morgan fingerprint density at radius 1 is 1.09 bits per heavy atom. The summed E-state index contributed by atoms with van der Waals surface area (Å²) in [6, 6.07) is 10.6. The monoisotopic (exact) mass is 448 g/mol. The number of esters is 1. The van der Waals surface area contributed by atoms with Gasteiger partial charge in [-0.2, -0.15) is 18.3 Å². The Hall–Kier alpha value is -3.89. The highest BCUT2D eigenvalue weighted by Gasteiger charge is 2.31. The average molecular weight is 448 g/mol. The number of aromatic nitrogens is 3. The molecule has 0 aliphatic heterocycles. The van der Waals surface area contributed by atoms with Crippen molar-refractivity contribution in [3.8, 4) is 5.69 Å². The van der Waals surface area contributed by atoms with Gasteiger partial charge in [-0.05, 0) is 32.0 Å². The molecule has 0 aliphatic rings. The normalized spacial score (nSPS) is 11.3. The molecule has 0 fully saturated rings. The molecule has 0 atom stereocenters. The highest BCUT2D eigenvalue weighted by molar-refractivity contribution is 5.93. The first-order chi connectivity index (χ1) is 15.1. The predicted octanol–water partition coefficient (Wildman–Crippen LogP) is 2.85. The summed E-state index contributed by atoms with van der Waals surface area (Å²) in [7, 11) is 0. The number of rotatable bonds is 6. The topological polar surface area (TPSA) is 95.2 Å².